The molecule has 1 aromatic heterocycles. The van der Waals surface area contributed by atoms with Gasteiger partial charge in [0.2, 0.25) is 0 Å². The second-order valence-corrected chi connectivity index (χ2v) is 6.72. The topological polar surface area (TPSA) is 72.7 Å². The normalized spacial score (nSPS) is 16.1. The summed E-state index contributed by atoms with van der Waals surface area (Å²) < 4.78 is 13.1. The summed E-state index contributed by atoms with van der Waals surface area (Å²) in [6, 6.07) is 8.20. The van der Waals surface area contributed by atoms with Crippen LogP contribution in [0.3, 0.4) is 0 Å². The Morgan fingerprint density at radius 3 is 2.89 bits per heavy atom. The number of aromatic nitrogens is 2. The van der Waals surface area contributed by atoms with E-state index in [1.807, 2.05) is 23.7 Å². The number of fused-ring (bicyclic) bond motifs is 1. The number of ether oxygens (including phenoxy) is 2. The van der Waals surface area contributed by atoms with Gasteiger partial charge in [-0.25, -0.2) is 0 Å². The Bertz CT molecular complexity index is 775. The van der Waals surface area contributed by atoms with Crippen LogP contribution in [0.4, 0.5) is 0 Å². The van der Waals surface area contributed by atoms with Crippen molar-refractivity contribution in [2.75, 3.05) is 27.3 Å². The molecule has 1 aliphatic rings. The molecular weight excluding hydrogens is 342 g/mol. The molecule has 0 bridgehead atoms. The zero-order chi connectivity index (χ0) is 19.2. The molecule has 1 atom stereocenters. The van der Waals surface area contributed by atoms with Crippen LogP contribution >= 0.6 is 0 Å². The number of aryl methyl sites for hydroxylation is 1. The maximum absolute atomic E-state index is 5.97. The summed E-state index contributed by atoms with van der Waals surface area (Å²) >= 11 is 0. The van der Waals surface area contributed by atoms with E-state index >= 15 is 0 Å². The molecule has 0 radical (unpaired) electrons. The van der Waals surface area contributed by atoms with Crippen LogP contribution in [0.1, 0.15) is 22.5 Å². The van der Waals surface area contributed by atoms with E-state index in [-0.39, 0.29) is 6.10 Å². The monoisotopic (exact) mass is 371 g/mol. The average Bonchev–Trinajstić information content (AvgIpc) is 3.21. The lowest BCUT2D eigenvalue weighted by atomic mass is 10.1. The molecule has 0 spiro atoms. The van der Waals surface area contributed by atoms with Gasteiger partial charge in [-0.3, -0.25) is 9.67 Å². The molecular formula is C20H29N5O2. The van der Waals surface area contributed by atoms with Gasteiger partial charge in [0.25, 0.3) is 0 Å². The summed E-state index contributed by atoms with van der Waals surface area (Å²) in [5, 5.41) is 11.3. The van der Waals surface area contributed by atoms with Gasteiger partial charge >= 0.3 is 0 Å². The van der Waals surface area contributed by atoms with Gasteiger partial charge in [0.15, 0.2) is 5.96 Å². The third-order valence-corrected chi connectivity index (χ3v) is 4.91. The maximum atomic E-state index is 5.97. The van der Waals surface area contributed by atoms with Crippen molar-refractivity contribution in [3.8, 4) is 5.75 Å². The number of hydrogen-bond donors (Lipinski definition) is 2. The van der Waals surface area contributed by atoms with Crippen LogP contribution in [0.5, 0.6) is 5.75 Å². The molecule has 1 unspecified atom stereocenters. The van der Waals surface area contributed by atoms with E-state index in [4.69, 9.17) is 9.47 Å². The maximum Gasteiger partial charge on any atom is 0.191 e. The first-order chi connectivity index (χ1) is 13.1. The zero-order valence-corrected chi connectivity index (χ0v) is 16.6. The summed E-state index contributed by atoms with van der Waals surface area (Å²) in [7, 11) is 3.48. The Kier molecular flexibility index (Phi) is 6.34. The van der Waals surface area contributed by atoms with Crippen LogP contribution < -0.4 is 15.4 Å². The molecule has 2 heterocycles. The lowest BCUT2D eigenvalue weighted by Gasteiger charge is -2.16. The second-order valence-electron chi connectivity index (χ2n) is 6.72. The average molecular weight is 371 g/mol. The first-order valence-corrected chi connectivity index (χ1v) is 9.33. The van der Waals surface area contributed by atoms with Crippen molar-refractivity contribution < 1.29 is 9.47 Å². The first kappa shape index (κ1) is 19.2. The number of methoxy groups -OCH3 is 1. The van der Waals surface area contributed by atoms with E-state index in [0.717, 1.165) is 36.1 Å². The fourth-order valence-corrected chi connectivity index (χ4v) is 3.36. The van der Waals surface area contributed by atoms with Crippen LogP contribution in [0.15, 0.2) is 29.3 Å². The van der Waals surface area contributed by atoms with Gasteiger partial charge in [0.05, 0.1) is 25.4 Å². The van der Waals surface area contributed by atoms with E-state index in [1.54, 1.807) is 14.2 Å². The highest BCUT2D eigenvalue weighted by atomic mass is 16.5. The fourth-order valence-electron chi connectivity index (χ4n) is 3.36. The van der Waals surface area contributed by atoms with E-state index in [1.165, 1.54) is 11.1 Å². The summed E-state index contributed by atoms with van der Waals surface area (Å²) in [4.78, 5) is 4.32. The van der Waals surface area contributed by atoms with Gasteiger partial charge in [-0.15, -0.1) is 0 Å². The number of nitrogens with one attached hydrogen (secondary N) is 2. The Labute approximate surface area is 160 Å². The first-order valence-electron chi connectivity index (χ1n) is 9.33. The van der Waals surface area contributed by atoms with Gasteiger partial charge in [0, 0.05) is 38.4 Å². The number of rotatable bonds is 7. The van der Waals surface area contributed by atoms with Gasteiger partial charge in [0.1, 0.15) is 11.9 Å². The van der Waals surface area contributed by atoms with Gasteiger partial charge in [-0.1, -0.05) is 18.2 Å². The molecule has 27 heavy (non-hydrogen) atoms. The third-order valence-electron chi connectivity index (χ3n) is 4.91. The quantitative estimate of drug-likeness (QED) is 0.574. The van der Waals surface area contributed by atoms with E-state index in [9.17, 15) is 0 Å². The molecule has 0 amide bonds. The Morgan fingerprint density at radius 2 is 2.15 bits per heavy atom. The second kappa shape index (κ2) is 8.90. The minimum absolute atomic E-state index is 0.126. The zero-order valence-electron chi connectivity index (χ0n) is 16.6. The molecule has 2 N–H and O–H groups in total. The van der Waals surface area contributed by atoms with Crippen LogP contribution in [0.25, 0.3) is 0 Å². The van der Waals surface area contributed by atoms with Crippen LogP contribution in [-0.2, 0) is 24.2 Å². The molecule has 7 heteroatoms. The Morgan fingerprint density at radius 1 is 1.33 bits per heavy atom. The van der Waals surface area contributed by atoms with Gasteiger partial charge < -0.3 is 20.1 Å². The molecule has 1 aromatic carbocycles. The minimum Gasteiger partial charge on any atom is -0.488 e. The van der Waals surface area contributed by atoms with Crippen LogP contribution in [0.2, 0.25) is 0 Å². The lowest BCUT2D eigenvalue weighted by Crippen LogP contribution is -2.42. The Balaban J connectivity index is 1.51. The lowest BCUT2D eigenvalue weighted by molar-refractivity contribution is 0.182. The van der Waals surface area contributed by atoms with Crippen molar-refractivity contribution in [3.63, 3.8) is 0 Å². The van der Waals surface area contributed by atoms with Gasteiger partial charge in [-0.2, -0.15) is 5.10 Å². The predicted molar refractivity (Wildman–Crippen MR) is 106 cm³/mol. The molecule has 0 aliphatic carbocycles. The van der Waals surface area contributed by atoms with Crippen molar-refractivity contribution in [3.05, 3.63) is 46.8 Å². The molecule has 146 valence electrons. The summed E-state index contributed by atoms with van der Waals surface area (Å²) in [6.07, 6.45) is 1.05. The summed E-state index contributed by atoms with van der Waals surface area (Å²) in [5.41, 5.74) is 4.64. The number of guanidine groups is 1. The van der Waals surface area contributed by atoms with Crippen molar-refractivity contribution in [1.82, 2.24) is 20.4 Å². The number of hydrogen-bond acceptors (Lipinski definition) is 4. The number of para-hydroxylation sites is 1. The molecule has 0 saturated heterocycles. The smallest absolute Gasteiger partial charge is 0.191 e. The van der Waals surface area contributed by atoms with E-state index in [2.05, 4.69) is 39.8 Å². The highest BCUT2D eigenvalue weighted by molar-refractivity contribution is 5.79. The van der Waals surface area contributed by atoms with Gasteiger partial charge in [-0.05, 0) is 25.5 Å². The van der Waals surface area contributed by atoms with Crippen LogP contribution in [-0.4, -0.2) is 49.2 Å². The van der Waals surface area contributed by atoms with E-state index < -0.39 is 0 Å². The van der Waals surface area contributed by atoms with Crippen molar-refractivity contribution >= 4 is 5.96 Å². The predicted octanol–water partition coefficient (Wildman–Crippen LogP) is 1.82. The summed E-state index contributed by atoms with van der Waals surface area (Å²) in [6.45, 7) is 6.92. The number of aliphatic imine (C=N–C) groups is 1. The molecule has 1 aliphatic heterocycles. The number of benzene rings is 1. The largest absolute Gasteiger partial charge is 0.488 e. The third kappa shape index (κ3) is 4.60. The minimum atomic E-state index is 0.126. The molecule has 2 aromatic rings. The standard InChI is InChI=1S/C20H29N5O2/c1-14-18(15(2)25(24-14)9-10-26-4)13-23-20(21-3)22-12-17-11-16-7-5-6-8-19(16)27-17/h5-8,17H,9-13H2,1-4H3,(H2,21,22,23). The SMILES string of the molecule is CN=C(NCc1c(C)nn(CCOC)c1C)NCC1Cc2ccccc2O1. The van der Waals surface area contributed by atoms with E-state index in [0.29, 0.717) is 19.7 Å². The molecule has 0 fully saturated rings. The van der Waals surface area contributed by atoms with Crippen LogP contribution in [0, 0.1) is 13.8 Å². The van der Waals surface area contributed by atoms with Crippen molar-refractivity contribution in [2.24, 2.45) is 4.99 Å². The molecule has 3 rings (SSSR count). The number of nitrogens with zero attached hydrogens (tertiary/aromatic N) is 3. The molecule has 0 saturated carbocycles. The highest BCUT2D eigenvalue weighted by Crippen LogP contribution is 2.27. The molecule has 7 nitrogen and oxygen atoms in total. The Hall–Kier alpha value is -2.54. The fraction of sp³-hybridized carbons (Fsp3) is 0.500. The summed E-state index contributed by atoms with van der Waals surface area (Å²) in [5.74, 6) is 1.75. The highest BCUT2D eigenvalue weighted by Gasteiger charge is 2.22. The van der Waals surface area contributed by atoms with Crippen molar-refractivity contribution in [1.29, 1.82) is 0 Å². The van der Waals surface area contributed by atoms with Crippen molar-refractivity contribution in [2.45, 2.75) is 39.5 Å².